The van der Waals surface area contributed by atoms with Gasteiger partial charge in [0.15, 0.2) is 0 Å². The van der Waals surface area contributed by atoms with Gasteiger partial charge in [0.05, 0.1) is 4.90 Å². The second-order valence-electron chi connectivity index (χ2n) is 8.61. The fourth-order valence-corrected chi connectivity index (χ4v) is 5.69. The molecule has 5 rings (SSSR count). The molecule has 0 saturated carbocycles. The minimum Gasteiger partial charge on any atom is -0.457 e. The van der Waals surface area contributed by atoms with Gasteiger partial charge in [-0.05, 0) is 84.6 Å². The molecule has 0 unspecified atom stereocenters. The normalized spacial score (nSPS) is 13.9. The molecule has 1 fully saturated rings. The first-order valence-corrected chi connectivity index (χ1v) is 13.3. The van der Waals surface area contributed by atoms with E-state index in [9.17, 15) is 13.2 Å². The third kappa shape index (κ3) is 5.32. The van der Waals surface area contributed by atoms with Crippen molar-refractivity contribution in [1.29, 1.82) is 0 Å². The second kappa shape index (κ2) is 10.4. The zero-order valence-corrected chi connectivity index (χ0v) is 20.4. The Hall–Kier alpha value is -3.94. The number of hydrogen-bond donors (Lipinski definition) is 1. The number of nitrogens with zero attached hydrogens (tertiary/aromatic N) is 1. The van der Waals surface area contributed by atoms with Crippen molar-refractivity contribution in [2.24, 2.45) is 0 Å². The van der Waals surface area contributed by atoms with E-state index < -0.39 is 10.0 Å². The summed E-state index contributed by atoms with van der Waals surface area (Å²) in [5.74, 6) is 1.19. The van der Waals surface area contributed by atoms with Gasteiger partial charge in [0.25, 0.3) is 5.91 Å². The fraction of sp³-hybridized carbons (Fsp3) is 0.138. The predicted octanol–water partition coefficient (Wildman–Crippen LogP) is 6.18. The Morgan fingerprint density at radius 3 is 2.08 bits per heavy atom. The summed E-state index contributed by atoms with van der Waals surface area (Å²) in [6, 6.07) is 30.8. The van der Waals surface area contributed by atoms with Gasteiger partial charge >= 0.3 is 0 Å². The summed E-state index contributed by atoms with van der Waals surface area (Å²) < 4.78 is 32.9. The number of hydrogen-bond acceptors (Lipinski definition) is 4. The third-order valence-corrected chi connectivity index (χ3v) is 8.02. The minimum atomic E-state index is -3.45. The molecule has 0 bridgehead atoms. The molecule has 0 radical (unpaired) electrons. The molecule has 182 valence electrons. The average Bonchev–Trinajstić information content (AvgIpc) is 3.47. The van der Waals surface area contributed by atoms with Crippen molar-refractivity contribution in [2.75, 3.05) is 18.4 Å². The van der Waals surface area contributed by atoms with Crippen LogP contribution in [0.1, 0.15) is 23.2 Å². The van der Waals surface area contributed by atoms with Crippen LogP contribution in [0.25, 0.3) is 11.1 Å². The van der Waals surface area contributed by atoms with E-state index in [1.807, 2.05) is 42.5 Å². The summed E-state index contributed by atoms with van der Waals surface area (Å²) in [5.41, 5.74) is 2.83. The lowest BCUT2D eigenvalue weighted by Crippen LogP contribution is -2.27. The molecule has 1 heterocycles. The Kier molecular flexibility index (Phi) is 6.84. The van der Waals surface area contributed by atoms with Gasteiger partial charge in [-0.15, -0.1) is 0 Å². The van der Waals surface area contributed by atoms with Crippen molar-refractivity contribution in [3.8, 4) is 22.6 Å². The van der Waals surface area contributed by atoms with Crippen LogP contribution in [0.5, 0.6) is 11.5 Å². The molecule has 4 aromatic rings. The van der Waals surface area contributed by atoms with E-state index in [4.69, 9.17) is 4.74 Å². The molecular weight excluding hydrogens is 472 g/mol. The van der Waals surface area contributed by atoms with Crippen molar-refractivity contribution >= 4 is 21.6 Å². The van der Waals surface area contributed by atoms with Crippen LogP contribution in [0.15, 0.2) is 108 Å². The molecule has 4 aromatic carbocycles. The number of carbonyl (C=O) groups is 1. The molecule has 7 heteroatoms. The number of nitrogens with one attached hydrogen (secondary N) is 1. The predicted molar refractivity (Wildman–Crippen MR) is 141 cm³/mol. The molecular formula is C29H26N2O4S. The highest BCUT2D eigenvalue weighted by atomic mass is 32.2. The number of para-hydroxylation sites is 1. The van der Waals surface area contributed by atoms with Gasteiger partial charge in [0.2, 0.25) is 10.0 Å². The zero-order valence-electron chi connectivity index (χ0n) is 19.6. The summed E-state index contributed by atoms with van der Waals surface area (Å²) in [6.45, 7) is 1.15. The summed E-state index contributed by atoms with van der Waals surface area (Å²) in [5, 5.41) is 2.91. The molecule has 0 atom stereocenters. The van der Waals surface area contributed by atoms with Gasteiger partial charge in [-0.25, -0.2) is 8.42 Å². The zero-order chi connectivity index (χ0) is 25.0. The first kappa shape index (κ1) is 23.8. The lowest BCUT2D eigenvalue weighted by molar-refractivity contribution is 0.102. The van der Waals surface area contributed by atoms with Crippen molar-refractivity contribution in [3.63, 3.8) is 0 Å². The third-order valence-electron chi connectivity index (χ3n) is 6.11. The highest BCUT2D eigenvalue weighted by Gasteiger charge is 2.26. The van der Waals surface area contributed by atoms with E-state index in [2.05, 4.69) is 5.32 Å². The van der Waals surface area contributed by atoms with Gasteiger partial charge in [0.1, 0.15) is 11.5 Å². The van der Waals surface area contributed by atoms with Gasteiger partial charge < -0.3 is 10.1 Å². The van der Waals surface area contributed by atoms with Crippen LogP contribution in [0.4, 0.5) is 5.69 Å². The smallest absolute Gasteiger partial charge is 0.255 e. The molecule has 1 aliphatic rings. The van der Waals surface area contributed by atoms with Crippen LogP contribution in [0, 0.1) is 0 Å². The Labute approximate surface area is 211 Å². The Morgan fingerprint density at radius 1 is 0.722 bits per heavy atom. The fourth-order valence-electron chi connectivity index (χ4n) is 4.17. The van der Waals surface area contributed by atoms with Crippen LogP contribution in [0.2, 0.25) is 0 Å². The number of sulfonamides is 1. The first-order chi connectivity index (χ1) is 17.5. The van der Waals surface area contributed by atoms with E-state index in [-0.39, 0.29) is 5.91 Å². The van der Waals surface area contributed by atoms with E-state index in [0.29, 0.717) is 35.0 Å². The van der Waals surface area contributed by atoms with Gasteiger partial charge in [-0.3, -0.25) is 4.79 Å². The molecule has 1 N–H and O–H groups in total. The summed E-state index contributed by atoms with van der Waals surface area (Å²) in [6.07, 6.45) is 1.80. The molecule has 0 spiro atoms. The van der Waals surface area contributed by atoms with Crippen LogP contribution in [-0.2, 0) is 10.0 Å². The van der Waals surface area contributed by atoms with E-state index in [0.717, 1.165) is 29.7 Å². The summed E-state index contributed by atoms with van der Waals surface area (Å²) in [4.78, 5) is 13.2. The summed E-state index contributed by atoms with van der Waals surface area (Å²) >= 11 is 0. The molecule has 1 aliphatic heterocycles. The maximum absolute atomic E-state index is 12.9. The molecule has 1 saturated heterocycles. The largest absolute Gasteiger partial charge is 0.457 e. The standard InChI is InChI=1S/C29H26N2O4S/c32-29(30-25-13-15-27(16-14-25)35-26-9-2-1-3-10-26)24-8-6-7-23(21-24)22-11-17-28(18-12-22)36(33,34)31-19-4-5-20-31/h1-3,6-18,21H,4-5,19-20H2,(H,30,32). The van der Waals surface area contributed by atoms with Crippen LogP contribution < -0.4 is 10.1 Å². The Morgan fingerprint density at radius 2 is 1.39 bits per heavy atom. The average molecular weight is 499 g/mol. The van der Waals surface area contributed by atoms with Gasteiger partial charge in [-0.2, -0.15) is 4.31 Å². The number of anilines is 1. The lowest BCUT2D eigenvalue weighted by Gasteiger charge is -2.15. The quantitative estimate of drug-likeness (QED) is 0.330. The lowest BCUT2D eigenvalue weighted by atomic mass is 10.0. The van der Waals surface area contributed by atoms with Crippen LogP contribution in [-0.4, -0.2) is 31.7 Å². The van der Waals surface area contributed by atoms with E-state index in [1.54, 1.807) is 60.7 Å². The van der Waals surface area contributed by atoms with Crippen LogP contribution >= 0.6 is 0 Å². The number of benzene rings is 4. The van der Waals surface area contributed by atoms with Crippen LogP contribution in [0.3, 0.4) is 0 Å². The highest BCUT2D eigenvalue weighted by Crippen LogP contribution is 2.26. The number of rotatable bonds is 7. The molecule has 6 nitrogen and oxygen atoms in total. The van der Waals surface area contributed by atoms with Crippen molar-refractivity contribution < 1.29 is 17.9 Å². The Bertz CT molecular complexity index is 1450. The topological polar surface area (TPSA) is 75.7 Å². The number of amides is 1. The van der Waals surface area contributed by atoms with Crippen molar-refractivity contribution in [3.05, 3.63) is 109 Å². The van der Waals surface area contributed by atoms with E-state index >= 15 is 0 Å². The number of ether oxygens (including phenoxy) is 1. The second-order valence-corrected chi connectivity index (χ2v) is 10.5. The monoisotopic (exact) mass is 498 g/mol. The summed E-state index contributed by atoms with van der Waals surface area (Å²) in [7, 11) is -3.45. The molecule has 36 heavy (non-hydrogen) atoms. The maximum Gasteiger partial charge on any atom is 0.255 e. The highest BCUT2D eigenvalue weighted by molar-refractivity contribution is 7.89. The SMILES string of the molecule is O=C(Nc1ccc(Oc2ccccc2)cc1)c1cccc(-c2ccc(S(=O)(=O)N3CCCC3)cc2)c1. The first-order valence-electron chi connectivity index (χ1n) is 11.8. The Balaban J connectivity index is 1.26. The maximum atomic E-state index is 12.9. The van der Waals surface area contributed by atoms with Crippen molar-refractivity contribution in [2.45, 2.75) is 17.7 Å². The van der Waals surface area contributed by atoms with Gasteiger partial charge in [0, 0.05) is 24.3 Å². The van der Waals surface area contributed by atoms with Crippen molar-refractivity contribution in [1.82, 2.24) is 4.31 Å². The molecule has 0 aliphatic carbocycles. The van der Waals surface area contributed by atoms with Gasteiger partial charge in [-0.1, -0.05) is 42.5 Å². The minimum absolute atomic E-state index is 0.234. The molecule has 0 aromatic heterocycles. The van der Waals surface area contributed by atoms with E-state index in [1.165, 1.54) is 4.31 Å². The number of carbonyl (C=O) groups excluding carboxylic acids is 1. The molecule has 1 amide bonds.